The van der Waals surface area contributed by atoms with Gasteiger partial charge in [-0.1, -0.05) is 30.7 Å². The second-order valence-corrected chi connectivity index (χ2v) is 6.60. The zero-order chi connectivity index (χ0) is 13.7. The normalized spacial score (nSPS) is 19.7. The van der Waals surface area contributed by atoms with E-state index in [4.69, 9.17) is 11.6 Å². The van der Waals surface area contributed by atoms with Crippen molar-refractivity contribution >= 4 is 29.1 Å². The minimum absolute atomic E-state index is 0.559. The summed E-state index contributed by atoms with van der Waals surface area (Å²) in [4.78, 5) is 2.47. The largest absolute Gasteiger partial charge is 0.366 e. The van der Waals surface area contributed by atoms with Crippen molar-refractivity contribution in [2.75, 3.05) is 29.5 Å². The summed E-state index contributed by atoms with van der Waals surface area (Å²) >= 11 is 8.50. The topological polar surface area (TPSA) is 15.3 Å². The van der Waals surface area contributed by atoms with E-state index < -0.39 is 0 Å². The highest BCUT2D eigenvalue weighted by Gasteiger charge is 2.23. The lowest BCUT2D eigenvalue weighted by molar-refractivity contribution is 0.660. The quantitative estimate of drug-likeness (QED) is 0.833. The van der Waals surface area contributed by atoms with Crippen LogP contribution in [0.1, 0.15) is 25.8 Å². The van der Waals surface area contributed by atoms with Gasteiger partial charge < -0.3 is 10.2 Å². The van der Waals surface area contributed by atoms with Crippen molar-refractivity contribution < 1.29 is 0 Å². The van der Waals surface area contributed by atoms with E-state index >= 15 is 0 Å². The van der Waals surface area contributed by atoms with Crippen LogP contribution in [0.5, 0.6) is 0 Å². The Balaban J connectivity index is 2.21. The number of hydrogen-bond donors (Lipinski definition) is 1. The summed E-state index contributed by atoms with van der Waals surface area (Å²) in [5.41, 5.74) is 2.56. The number of nitrogens with zero attached hydrogens (tertiary/aromatic N) is 1. The van der Waals surface area contributed by atoms with E-state index in [-0.39, 0.29) is 0 Å². The Morgan fingerprint density at radius 3 is 3.05 bits per heavy atom. The Morgan fingerprint density at radius 2 is 2.32 bits per heavy atom. The lowest BCUT2D eigenvalue weighted by atomic mass is 10.1. The molecule has 2 rings (SSSR count). The van der Waals surface area contributed by atoms with Gasteiger partial charge in [0, 0.05) is 30.6 Å². The van der Waals surface area contributed by atoms with Gasteiger partial charge in [-0.15, -0.1) is 0 Å². The third kappa shape index (κ3) is 3.80. The molecule has 1 aromatic carbocycles. The van der Waals surface area contributed by atoms with E-state index in [1.165, 1.54) is 22.8 Å². The molecule has 1 fully saturated rings. The van der Waals surface area contributed by atoms with Crippen LogP contribution < -0.4 is 10.2 Å². The van der Waals surface area contributed by atoms with Crippen LogP contribution in [0.25, 0.3) is 0 Å². The third-order valence-corrected chi connectivity index (χ3v) is 4.96. The van der Waals surface area contributed by atoms with Crippen LogP contribution in [0.3, 0.4) is 0 Å². The number of nitrogens with one attached hydrogen (secondary N) is 1. The monoisotopic (exact) mass is 298 g/mol. The van der Waals surface area contributed by atoms with Crippen LogP contribution in [0.15, 0.2) is 18.2 Å². The Hall–Kier alpha value is -0.380. The molecule has 0 radical (unpaired) electrons. The van der Waals surface area contributed by atoms with Crippen LogP contribution >= 0.6 is 23.4 Å². The molecule has 1 unspecified atom stereocenters. The number of hydrogen-bond acceptors (Lipinski definition) is 3. The Kier molecular flexibility index (Phi) is 5.86. The van der Waals surface area contributed by atoms with Gasteiger partial charge in [0.05, 0.1) is 10.7 Å². The van der Waals surface area contributed by atoms with Crippen molar-refractivity contribution in [3.63, 3.8) is 0 Å². The van der Waals surface area contributed by atoms with E-state index in [1.54, 1.807) is 0 Å². The second-order valence-electron chi connectivity index (χ2n) is 5.04. The highest BCUT2D eigenvalue weighted by Crippen LogP contribution is 2.33. The zero-order valence-corrected chi connectivity index (χ0v) is 13.4. The minimum atomic E-state index is 0.559. The summed E-state index contributed by atoms with van der Waals surface area (Å²) in [6.45, 7) is 7.53. The fourth-order valence-electron chi connectivity index (χ4n) is 2.48. The summed E-state index contributed by atoms with van der Waals surface area (Å²) in [7, 11) is 0. The first-order valence-electron chi connectivity index (χ1n) is 7.06. The Labute approximate surface area is 125 Å². The molecule has 2 nitrogen and oxygen atoms in total. The van der Waals surface area contributed by atoms with Gasteiger partial charge in [-0.05, 0) is 31.5 Å². The number of benzene rings is 1. The van der Waals surface area contributed by atoms with Gasteiger partial charge in [0.15, 0.2) is 0 Å². The van der Waals surface area contributed by atoms with Crippen molar-refractivity contribution in [3.05, 3.63) is 28.8 Å². The van der Waals surface area contributed by atoms with Crippen molar-refractivity contribution in [3.8, 4) is 0 Å². The van der Waals surface area contributed by atoms with Crippen LogP contribution in [-0.2, 0) is 6.54 Å². The standard InChI is InChI=1S/C15H23ClN2S/c1-3-7-17-10-13-5-4-6-14(16)15(13)18-8-9-19-11-12(18)2/h4-6,12,17H,3,7-11H2,1-2H3. The molecule has 4 heteroatoms. The molecule has 0 aromatic heterocycles. The lowest BCUT2D eigenvalue weighted by Crippen LogP contribution is -2.41. The van der Waals surface area contributed by atoms with Crippen LogP contribution in [0, 0.1) is 0 Å². The average Bonchev–Trinajstić information content (AvgIpc) is 2.41. The summed E-state index contributed by atoms with van der Waals surface area (Å²) in [6.07, 6.45) is 1.16. The molecule has 1 heterocycles. The molecule has 0 spiro atoms. The first-order chi connectivity index (χ1) is 9.24. The number of anilines is 1. The highest BCUT2D eigenvalue weighted by atomic mass is 35.5. The number of halogens is 1. The van der Waals surface area contributed by atoms with Crippen LogP contribution in [0.2, 0.25) is 5.02 Å². The average molecular weight is 299 g/mol. The van der Waals surface area contributed by atoms with Crippen molar-refractivity contribution in [1.82, 2.24) is 5.32 Å². The van der Waals surface area contributed by atoms with Gasteiger partial charge in [-0.2, -0.15) is 11.8 Å². The maximum atomic E-state index is 6.46. The number of rotatable bonds is 5. The van der Waals surface area contributed by atoms with Gasteiger partial charge in [0.2, 0.25) is 0 Å². The molecule has 19 heavy (non-hydrogen) atoms. The molecular weight excluding hydrogens is 276 g/mol. The lowest BCUT2D eigenvalue weighted by Gasteiger charge is -2.37. The first kappa shape index (κ1) is 15.0. The molecule has 1 atom stereocenters. The molecule has 1 N–H and O–H groups in total. The van der Waals surface area contributed by atoms with Gasteiger partial charge in [-0.3, -0.25) is 0 Å². The molecule has 1 saturated heterocycles. The molecule has 1 aromatic rings. The van der Waals surface area contributed by atoms with Crippen LogP contribution in [0.4, 0.5) is 5.69 Å². The summed E-state index contributed by atoms with van der Waals surface area (Å²) < 4.78 is 0. The van der Waals surface area contributed by atoms with Gasteiger partial charge in [0.25, 0.3) is 0 Å². The first-order valence-corrected chi connectivity index (χ1v) is 8.59. The van der Waals surface area contributed by atoms with Crippen molar-refractivity contribution in [1.29, 1.82) is 0 Å². The molecular formula is C15H23ClN2S. The number of thioether (sulfide) groups is 1. The minimum Gasteiger partial charge on any atom is -0.366 e. The Bertz CT molecular complexity index is 411. The molecule has 1 aliphatic heterocycles. The maximum Gasteiger partial charge on any atom is 0.0643 e. The summed E-state index contributed by atoms with van der Waals surface area (Å²) in [5.74, 6) is 2.38. The SMILES string of the molecule is CCCNCc1cccc(Cl)c1N1CCSCC1C. The molecule has 106 valence electrons. The molecule has 0 bridgehead atoms. The van der Waals surface area contributed by atoms with Gasteiger partial charge in [0.1, 0.15) is 0 Å². The highest BCUT2D eigenvalue weighted by molar-refractivity contribution is 7.99. The fourth-order valence-corrected chi connectivity index (χ4v) is 3.80. The number of para-hydroxylation sites is 1. The van der Waals surface area contributed by atoms with E-state index in [2.05, 4.69) is 36.2 Å². The second kappa shape index (κ2) is 7.41. The van der Waals surface area contributed by atoms with E-state index in [0.717, 1.165) is 31.1 Å². The van der Waals surface area contributed by atoms with E-state index in [1.807, 2.05) is 17.8 Å². The fraction of sp³-hybridized carbons (Fsp3) is 0.600. The molecule has 1 aliphatic rings. The summed E-state index contributed by atoms with van der Waals surface area (Å²) in [5, 5.41) is 4.37. The predicted molar refractivity (Wildman–Crippen MR) is 87.6 cm³/mol. The zero-order valence-electron chi connectivity index (χ0n) is 11.8. The molecule has 0 aliphatic carbocycles. The third-order valence-electron chi connectivity index (χ3n) is 3.47. The smallest absolute Gasteiger partial charge is 0.0643 e. The van der Waals surface area contributed by atoms with Crippen molar-refractivity contribution in [2.45, 2.75) is 32.9 Å². The molecule has 0 amide bonds. The maximum absolute atomic E-state index is 6.46. The summed E-state index contributed by atoms with van der Waals surface area (Å²) in [6, 6.07) is 6.81. The van der Waals surface area contributed by atoms with E-state index in [0.29, 0.717) is 6.04 Å². The molecule has 0 saturated carbocycles. The van der Waals surface area contributed by atoms with E-state index in [9.17, 15) is 0 Å². The Morgan fingerprint density at radius 1 is 1.47 bits per heavy atom. The van der Waals surface area contributed by atoms with Gasteiger partial charge in [-0.25, -0.2) is 0 Å². The van der Waals surface area contributed by atoms with Crippen LogP contribution in [-0.4, -0.2) is 30.6 Å². The predicted octanol–water partition coefficient (Wildman–Crippen LogP) is 3.78. The van der Waals surface area contributed by atoms with Gasteiger partial charge >= 0.3 is 0 Å². The van der Waals surface area contributed by atoms with Crippen molar-refractivity contribution in [2.24, 2.45) is 0 Å².